The normalized spacial score (nSPS) is 16.2. The third-order valence-corrected chi connectivity index (χ3v) is 6.27. The van der Waals surface area contributed by atoms with Crippen LogP contribution in [0.4, 0.5) is 4.39 Å². The molecule has 3 aromatic rings. The number of amidine groups is 2. The van der Waals surface area contributed by atoms with Gasteiger partial charge in [0.1, 0.15) is 17.5 Å². The van der Waals surface area contributed by atoms with Gasteiger partial charge in [0.15, 0.2) is 17.3 Å². The number of fused-ring (bicyclic) bond motifs is 1. The summed E-state index contributed by atoms with van der Waals surface area (Å²) in [6.07, 6.45) is 1.56. The highest BCUT2D eigenvalue weighted by atomic mass is 32.2. The van der Waals surface area contributed by atoms with Gasteiger partial charge in [0.05, 0.1) is 12.7 Å². The van der Waals surface area contributed by atoms with Crippen LogP contribution in [0.2, 0.25) is 0 Å². The van der Waals surface area contributed by atoms with Crippen molar-refractivity contribution in [1.82, 2.24) is 5.01 Å². The number of hydrazone groups is 1. The number of nitrogens with zero attached hydrogens (tertiary/aromatic N) is 3. The van der Waals surface area contributed by atoms with Crippen LogP contribution in [0.15, 0.2) is 88.5 Å². The fourth-order valence-corrected chi connectivity index (χ4v) is 4.42. The lowest BCUT2D eigenvalue weighted by Crippen LogP contribution is -2.35. The van der Waals surface area contributed by atoms with Crippen molar-refractivity contribution in [3.63, 3.8) is 0 Å². The molecule has 7 nitrogen and oxygen atoms in total. The maximum absolute atomic E-state index is 13.9. The number of hydrogen-bond donors (Lipinski definition) is 1. The van der Waals surface area contributed by atoms with Gasteiger partial charge in [-0.3, -0.25) is 10.2 Å². The smallest absolute Gasteiger partial charge is 0.283 e. The molecule has 0 radical (unpaired) electrons. The quantitative estimate of drug-likeness (QED) is 0.491. The number of amides is 1. The third kappa shape index (κ3) is 4.58. The third-order valence-electron chi connectivity index (χ3n) is 5.31. The molecule has 3 aromatic carbocycles. The van der Waals surface area contributed by atoms with Gasteiger partial charge >= 0.3 is 0 Å². The summed E-state index contributed by atoms with van der Waals surface area (Å²) >= 11 is 1.25. The Balaban J connectivity index is 1.38. The minimum absolute atomic E-state index is 0.0401. The Morgan fingerprint density at radius 3 is 2.60 bits per heavy atom. The van der Waals surface area contributed by atoms with E-state index in [-0.39, 0.29) is 23.8 Å². The summed E-state index contributed by atoms with van der Waals surface area (Å²) in [5.41, 5.74) is 2.03. The summed E-state index contributed by atoms with van der Waals surface area (Å²) in [4.78, 5) is 16.9. The van der Waals surface area contributed by atoms with Gasteiger partial charge < -0.3 is 9.47 Å². The number of carbonyl (C=O) groups is 1. The summed E-state index contributed by atoms with van der Waals surface area (Å²) in [7, 11) is 1.49. The maximum Gasteiger partial charge on any atom is 0.283 e. The van der Waals surface area contributed by atoms with E-state index < -0.39 is 5.91 Å². The SMILES string of the molecule is COc1cc(/C=C2/C(=N)N3N=C(c4ccccc4)SC3=NC2=O)ccc1OCc1ccccc1F. The number of halogens is 1. The molecule has 9 heteroatoms. The summed E-state index contributed by atoms with van der Waals surface area (Å²) in [6.45, 7) is 0.0401. The first-order valence-electron chi connectivity index (χ1n) is 10.6. The Morgan fingerprint density at radius 1 is 1.06 bits per heavy atom. The number of thioether (sulfide) groups is 1. The molecule has 0 spiro atoms. The predicted molar refractivity (Wildman–Crippen MR) is 134 cm³/mol. The van der Waals surface area contributed by atoms with E-state index in [1.807, 2.05) is 30.3 Å². The van der Waals surface area contributed by atoms with Crippen molar-refractivity contribution in [2.45, 2.75) is 6.61 Å². The van der Waals surface area contributed by atoms with Gasteiger partial charge in [0.2, 0.25) is 5.17 Å². The minimum atomic E-state index is -0.517. The molecule has 1 amide bonds. The zero-order valence-corrected chi connectivity index (χ0v) is 19.4. The van der Waals surface area contributed by atoms with E-state index in [9.17, 15) is 9.18 Å². The van der Waals surface area contributed by atoms with Crippen LogP contribution < -0.4 is 9.47 Å². The molecule has 0 bridgehead atoms. The zero-order valence-electron chi connectivity index (χ0n) is 18.6. The Kier molecular flexibility index (Phi) is 6.15. The topological polar surface area (TPSA) is 87.3 Å². The average molecular weight is 487 g/mol. The van der Waals surface area contributed by atoms with Gasteiger partial charge in [-0.1, -0.05) is 54.6 Å². The molecule has 35 heavy (non-hydrogen) atoms. The lowest BCUT2D eigenvalue weighted by Gasteiger charge is -2.20. The molecular weight excluding hydrogens is 467 g/mol. The summed E-state index contributed by atoms with van der Waals surface area (Å²) in [5, 5.41) is 15.4. The highest BCUT2D eigenvalue weighted by Crippen LogP contribution is 2.33. The van der Waals surface area contributed by atoms with Crippen LogP contribution in [0.25, 0.3) is 6.08 Å². The monoisotopic (exact) mass is 486 g/mol. The largest absolute Gasteiger partial charge is 0.493 e. The van der Waals surface area contributed by atoms with Gasteiger partial charge in [0, 0.05) is 11.1 Å². The van der Waals surface area contributed by atoms with Gasteiger partial charge in [-0.05, 0) is 41.6 Å². The standard InChI is InChI=1S/C26H19FN4O3S/c1-33-22-14-16(11-12-21(22)34-15-18-9-5-6-10-20(18)27)13-19-23(28)31-26(29-24(19)32)35-25(30-31)17-7-3-2-4-8-17/h2-14,28H,15H2,1H3/b19-13-,28-23?. The molecule has 5 rings (SSSR count). The number of nitrogens with one attached hydrogen (secondary N) is 1. The first kappa shape index (κ1) is 22.5. The maximum atomic E-state index is 13.9. The average Bonchev–Trinajstić information content (AvgIpc) is 3.31. The van der Waals surface area contributed by atoms with Gasteiger partial charge in [0.25, 0.3) is 5.91 Å². The van der Waals surface area contributed by atoms with Gasteiger partial charge in [-0.2, -0.15) is 15.1 Å². The van der Waals surface area contributed by atoms with Crippen LogP contribution in [0.3, 0.4) is 0 Å². The second-order valence-corrected chi connectivity index (χ2v) is 8.54. The number of ether oxygens (including phenoxy) is 2. The molecule has 2 heterocycles. The molecule has 0 aliphatic carbocycles. The van der Waals surface area contributed by atoms with Crippen molar-refractivity contribution < 1.29 is 18.7 Å². The predicted octanol–water partition coefficient (Wildman–Crippen LogP) is 5.08. The van der Waals surface area contributed by atoms with Crippen molar-refractivity contribution in [2.75, 3.05) is 7.11 Å². The summed E-state index contributed by atoms with van der Waals surface area (Å²) in [5.74, 6) is -0.0818. The van der Waals surface area contributed by atoms with Crippen molar-refractivity contribution in [2.24, 2.45) is 10.1 Å². The zero-order chi connectivity index (χ0) is 24.4. The Hall–Kier alpha value is -4.24. The molecule has 2 aliphatic rings. The molecule has 0 fully saturated rings. The molecule has 0 saturated carbocycles. The summed E-state index contributed by atoms with van der Waals surface area (Å²) < 4.78 is 25.1. The molecule has 0 unspecified atom stereocenters. The first-order valence-corrected chi connectivity index (χ1v) is 11.4. The molecule has 0 saturated heterocycles. The van der Waals surface area contributed by atoms with Crippen molar-refractivity contribution in [3.05, 3.63) is 101 Å². The van der Waals surface area contributed by atoms with Crippen molar-refractivity contribution in [3.8, 4) is 11.5 Å². The van der Waals surface area contributed by atoms with Crippen LogP contribution in [-0.4, -0.2) is 34.1 Å². The first-order chi connectivity index (χ1) is 17.0. The minimum Gasteiger partial charge on any atom is -0.493 e. The number of methoxy groups -OCH3 is 1. The van der Waals surface area contributed by atoms with Crippen molar-refractivity contribution in [1.29, 1.82) is 5.41 Å². The van der Waals surface area contributed by atoms with Crippen LogP contribution in [0.1, 0.15) is 16.7 Å². The number of benzene rings is 3. The molecule has 174 valence electrons. The second kappa shape index (κ2) is 9.55. The number of rotatable bonds is 6. The highest BCUT2D eigenvalue weighted by Gasteiger charge is 2.36. The molecule has 1 N–H and O–H groups in total. The number of aliphatic imine (C=N–C) groups is 1. The van der Waals surface area contributed by atoms with Crippen LogP contribution >= 0.6 is 11.8 Å². The fourth-order valence-electron chi connectivity index (χ4n) is 3.52. The van der Waals surface area contributed by atoms with E-state index in [1.54, 1.807) is 42.5 Å². The van der Waals surface area contributed by atoms with Crippen LogP contribution in [0, 0.1) is 11.2 Å². The lowest BCUT2D eigenvalue weighted by atomic mass is 10.1. The summed E-state index contributed by atoms with van der Waals surface area (Å²) in [6, 6.07) is 21.0. The Bertz CT molecular complexity index is 1420. The van der Waals surface area contributed by atoms with Crippen LogP contribution in [-0.2, 0) is 11.4 Å². The number of hydrogen-bond acceptors (Lipinski definition) is 6. The van der Waals surface area contributed by atoms with Crippen molar-refractivity contribution >= 4 is 39.8 Å². The van der Waals surface area contributed by atoms with E-state index in [0.717, 1.165) is 5.56 Å². The van der Waals surface area contributed by atoms with Gasteiger partial charge in [-0.25, -0.2) is 4.39 Å². The second-order valence-electron chi connectivity index (χ2n) is 7.58. The Morgan fingerprint density at radius 2 is 1.83 bits per heavy atom. The molecule has 0 atom stereocenters. The molecule has 2 aliphatic heterocycles. The van der Waals surface area contributed by atoms with E-state index in [2.05, 4.69) is 10.1 Å². The lowest BCUT2D eigenvalue weighted by molar-refractivity contribution is -0.114. The van der Waals surface area contributed by atoms with E-state index >= 15 is 0 Å². The van der Waals surface area contributed by atoms with E-state index in [0.29, 0.717) is 32.8 Å². The fraction of sp³-hybridized carbons (Fsp3) is 0.0769. The van der Waals surface area contributed by atoms with Crippen LogP contribution in [0.5, 0.6) is 11.5 Å². The molecule has 0 aromatic heterocycles. The van der Waals surface area contributed by atoms with E-state index in [4.69, 9.17) is 14.9 Å². The van der Waals surface area contributed by atoms with Gasteiger partial charge in [-0.15, -0.1) is 0 Å². The highest BCUT2D eigenvalue weighted by molar-refractivity contribution is 8.27. The Labute approximate surface area is 205 Å². The molecular formula is C26H19FN4O3S. The number of carbonyl (C=O) groups excluding carboxylic acids is 1. The van der Waals surface area contributed by atoms with E-state index in [1.165, 1.54) is 29.9 Å².